The number of aromatic nitrogens is 3. The summed E-state index contributed by atoms with van der Waals surface area (Å²) in [6, 6.07) is 8.21. The number of pyridine rings is 1. The molecule has 7 nitrogen and oxygen atoms in total. The van der Waals surface area contributed by atoms with E-state index in [1.54, 1.807) is 18.5 Å². The number of hydrogen-bond donors (Lipinski definition) is 2. The molecule has 1 aromatic carbocycles. The van der Waals surface area contributed by atoms with Gasteiger partial charge in [0.25, 0.3) is 5.91 Å². The Labute approximate surface area is 151 Å². The number of aromatic amines is 1. The summed E-state index contributed by atoms with van der Waals surface area (Å²) in [6.07, 6.45) is 3.28. The molecule has 0 aliphatic rings. The van der Waals surface area contributed by atoms with Crippen molar-refractivity contribution in [3.63, 3.8) is 0 Å². The lowest BCUT2D eigenvalue weighted by Crippen LogP contribution is -2.15. The van der Waals surface area contributed by atoms with Crippen LogP contribution in [0, 0.1) is 12.7 Å². The predicted octanol–water partition coefficient (Wildman–Crippen LogP) is 3.28. The number of aryl methyl sites for hydroxylation is 1. The zero-order valence-electron chi connectivity index (χ0n) is 14.1. The molecule has 0 saturated heterocycles. The minimum atomic E-state index is -0.671. The standard InChI is InChI=1S/C19H13FN4O3/c1-10-17(11-3-2-6-21-9-11)18(24-23-10)22-19(26)16-8-14(25)13-5-4-12(20)7-15(13)27-16/h2-9H,1H3,(H2,22,23,24,26). The van der Waals surface area contributed by atoms with Gasteiger partial charge in [-0.3, -0.25) is 19.7 Å². The van der Waals surface area contributed by atoms with E-state index in [1.807, 2.05) is 13.0 Å². The van der Waals surface area contributed by atoms with Gasteiger partial charge in [-0.25, -0.2) is 4.39 Å². The van der Waals surface area contributed by atoms with E-state index in [0.29, 0.717) is 5.56 Å². The highest BCUT2D eigenvalue weighted by Gasteiger charge is 2.18. The van der Waals surface area contributed by atoms with Crippen LogP contribution in [0.1, 0.15) is 16.2 Å². The number of carbonyl (C=O) groups excluding carboxylic acids is 1. The third-order valence-corrected chi connectivity index (χ3v) is 4.04. The first kappa shape index (κ1) is 16.6. The van der Waals surface area contributed by atoms with Gasteiger partial charge in [-0.15, -0.1) is 0 Å². The third kappa shape index (κ3) is 3.08. The summed E-state index contributed by atoms with van der Waals surface area (Å²) in [6.45, 7) is 1.81. The molecular formula is C19H13FN4O3. The average molecular weight is 364 g/mol. The maximum absolute atomic E-state index is 13.4. The molecule has 3 aromatic heterocycles. The molecule has 3 heterocycles. The van der Waals surface area contributed by atoms with Crippen molar-refractivity contribution in [2.24, 2.45) is 0 Å². The number of nitrogens with zero attached hydrogens (tertiary/aromatic N) is 2. The molecule has 0 radical (unpaired) electrons. The van der Waals surface area contributed by atoms with Crippen LogP contribution in [0.2, 0.25) is 0 Å². The largest absolute Gasteiger partial charge is 0.451 e. The second-order valence-electron chi connectivity index (χ2n) is 5.88. The molecule has 0 unspecified atom stereocenters. The van der Waals surface area contributed by atoms with Crippen LogP contribution in [0.15, 0.2) is 58.0 Å². The first-order valence-corrected chi connectivity index (χ1v) is 8.03. The highest BCUT2D eigenvalue weighted by molar-refractivity contribution is 6.04. The maximum Gasteiger partial charge on any atom is 0.292 e. The molecule has 8 heteroatoms. The van der Waals surface area contributed by atoms with E-state index >= 15 is 0 Å². The van der Waals surface area contributed by atoms with Crippen LogP contribution in [0.5, 0.6) is 0 Å². The van der Waals surface area contributed by atoms with E-state index in [-0.39, 0.29) is 22.5 Å². The van der Waals surface area contributed by atoms with Gasteiger partial charge in [0.2, 0.25) is 0 Å². The van der Waals surface area contributed by atoms with Crippen molar-refractivity contribution in [3.05, 3.63) is 76.3 Å². The summed E-state index contributed by atoms with van der Waals surface area (Å²) in [5.74, 6) is -1.21. The number of anilines is 1. The lowest BCUT2D eigenvalue weighted by molar-refractivity contribution is 0.0996. The van der Waals surface area contributed by atoms with Crippen molar-refractivity contribution in [1.82, 2.24) is 15.2 Å². The molecule has 0 fully saturated rings. The monoisotopic (exact) mass is 364 g/mol. The molecule has 134 valence electrons. The first-order valence-electron chi connectivity index (χ1n) is 8.03. The van der Waals surface area contributed by atoms with Gasteiger partial charge in [0, 0.05) is 41.3 Å². The van der Waals surface area contributed by atoms with Crippen LogP contribution < -0.4 is 10.7 Å². The number of nitrogens with one attached hydrogen (secondary N) is 2. The minimum absolute atomic E-state index is 0.00154. The van der Waals surface area contributed by atoms with Gasteiger partial charge in [0.15, 0.2) is 17.0 Å². The van der Waals surface area contributed by atoms with Crippen molar-refractivity contribution >= 4 is 22.7 Å². The van der Waals surface area contributed by atoms with Crippen molar-refractivity contribution in [3.8, 4) is 11.1 Å². The first-order chi connectivity index (χ1) is 13.0. The van der Waals surface area contributed by atoms with Gasteiger partial charge < -0.3 is 9.73 Å². The number of halogens is 1. The van der Waals surface area contributed by atoms with Gasteiger partial charge in [-0.05, 0) is 25.1 Å². The highest BCUT2D eigenvalue weighted by Crippen LogP contribution is 2.29. The van der Waals surface area contributed by atoms with Gasteiger partial charge >= 0.3 is 0 Å². The van der Waals surface area contributed by atoms with Crippen LogP contribution in [-0.4, -0.2) is 21.1 Å². The lowest BCUT2D eigenvalue weighted by atomic mass is 10.1. The normalized spacial score (nSPS) is 10.9. The topological polar surface area (TPSA) is 101 Å². The van der Waals surface area contributed by atoms with E-state index in [4.69, 9.17) is 4.42 Å². The zero-order chi connectivity index (χ0) is 19.0. The predicted molar refractivity (Wildman–Crippen MR) is 97.0 cm³/mol. The molecule has 1 amide bonds. The van der Waals surface area contributed by atoms with Crippen LogP contribution in [-0.2, 0) is 0 Å². The number of fused-ring (bicyclic) bond motifs is 1. The number of carbonyl (C=O) groups is 1. The van der Waals surface area contributed by atoms with Crippen LogP contribution in [0.4, 0.5) is 10.2 Å². The fourth-order valence-electron chi connectivity index (χ4n) is 2.79. The van der Waals surface area contributed by atoms with Crippen molar-refractivity contribution in [1.29, 1.82) is 0 Å². The smallest absolute Gasteiger partial charge is 0.292 e. The molecule has 2 N–H and O–H groups in total. The number of benzene rings is 1. The highest BCUT2D eigenvalue weighted by atomic mass is 19.1. The van der Waals surface area contributed by atoms with Crippen molar-refractivity contribution in [2.75, 3.05) is 5.32 Å². The lowest BCUT2D eigenvalue weighted by Gasteiger charge is -2.06. The van der Waals surface area contributed by atoms with Crippen molar-refractivity contribution < 1.29 is 13.6 Å². The Morgan fingerprint density at radius 3 is 2.89 bits per heavy atom. The van der Waals surface area contributed by atoms with Crippen LogP contribution in [0.3, 0.4) is 0 Å². The SMILES string of the molecule is Cc1[nH]nc(NC(=O)c2cc(=O)c3ccc(F)cc3o2)c1-c1cccnc1. The Bertz CT molecular complexity index is 1210. The summed E-state index contributed by atoms with van der Waals surface area (Å²) < 4.78 is 18.8. The van der Waals surface area contributed by atoms with E-state index in [1.165, 1.54) is 6.07 Å². The number of rotatable bonds is 3. The van der Waals surface area contributed by atoms with Gasteiger partial charge in [-0.1, -0.05) is 6.07 Å². The van der Waals surface area contributed by atoms with E-state index in [2.05, 4.69) is 20.5 Å². The molecule has 0 aliphatic carbocycles. The number of H-pyrrole nitrogens is 1. The molecular weight excluding hydrogens is 351 g/mol. The fraction of sp³-hybridized carbons (Fsp3) is 0.0526. The maximum atomic E-state index is 13.4. The summed E-state index contributed by atoms with van der Waals surface area (Å²) in [7, 11) is 0. The van der Waals surface area contributed by atoms with Crippen molar-refractivity contribution in [2.45, 2.75) is 6.92 Å². The van der Waals surface area contributed by atoms with Gasteiger partial charge in [0.05, 0.1) is 5.39 Å². The van der Waals surface area contributed by atoms with E-state index in [0.717, 1.165) is 29.5 Å². The molecule has 0 saturated carbocycles. The van der Waals surface area contributed by atoms with Gasteiger partial charge in [-0.2, -0.15) is 5.10 Å². The Balaban J connectivity index is 1.72. The molecule has 27 heavy (non-hydrogen) atoms. The molecule has 0 bridgehead atoms. The molecule has 0 spiro atoms. The van der Waals surface area contributed by atoms with E-state index in [9.17, 15) is 14.0 Å². The molecule has 4 aromatic rings. The number of hydrogen-bond acceptors (Lipinski definition) is 5. The summed E-state index contributed by atoms with van der Waals surface area (Å²) >= 11 is 0. The Morgan fingerprint density at radius 1 is 1.26 bits per heavy atom. The molecule has 0 aliphatic heterocycles. The Kier molecular flexibility index (Phi) is 4.00. The fourth-order valence-corrected chi connectivity index (χ4v) is 2.79. The number of amides is 1. The third-order valence-electron chi connectivity index (χ3n) is 4.04. The minimum Gasteiger partial charge on any atom is -0.451 e. The molecule has 4 rings (SSSR count). The van der Waals surface area contributed by atoms with E-state index < -0.39 is 17.2 Å². The second kappa shape index (κ2) is 6.49. The van der Waals surface area contributed by atoms with Crippen LogP contribution in [0.25, 0.3) is 22.1 Å². The second-order valence-corrected chi connectivity index (χ2v) is 5.88. The van der Waals surface area contributed by atoms with Crippen LogP contribution >= 0.6 is 0 Å². The Morgan fingerprint density at radius 2 is 2.11 bits per heavy atom. The summed E-state index contributed by atoms with van der Waals surface area (Å²) in [5, 5.41) is 9.71. The summed E-state index contributed by atoms with van der Waals surface area (Å²) in [4.78, 5) is 28.8. The van der Waals surface area contributed by atoms with Gasteiger partial charge in [0.1, 0.15) is 11.4 Å². The average Bonchev–Trinajstić information content (AvgIpc) is 3.02. The quantitative estimate of drug-likeness (QED) is 0.581. The molecule has 0 atom stereocenters. The Hall–Kier alpha value is -3.81. The zero-order valence-corrected chi connectivity index (χ0v) is 14.1. The summed E-state index contributed by atoms with van der Waals surface area (Å²) in [5.41, 5.74) is 1.73.